The van der Waals surface area contributed by atoms with Crippen molar-refractivity contribution in [2.45, 2.75) is 33.1 Å². The lowest BCUT2D eigenvalue weighted by molar-refractivity contribution is -0.137. The van der Waals surface area contributed by atoms with Crippen LogP contribution in [-0.4, -0.2) is 16.1 Å². The summed E-state index contributed by atoms with van der Waals surface area (Å²) < 4.78 is 46.2. The standard InChI is InChI=1S/C21H21F3N4O/c1-13(2)29-18-10-5-4-9-17(18)27-19-16(21(22,23)24)12-25-20(28-19)26-15-8-6-7-14(3)11-15/h4-13H,1-3H3,(H2,25,26,27,28). The molecule has 1 heterocycles. The summed E-state index contributed by atoms with van der Waals surface area (Å²) in [6, 6.07) is 14.1. The molecule has 0 bridgehead atoms. The molecular formula is C21H21F3N4O. The van der Waals surface area contributed by atoms with Crippen LogP contribution < -0.4 is 15.4 Å². The van der Waals surface area contributed by atoms with Crippen molar-refractivity contribution in [1.29, 1.82) is 0 Å². The zero-order valence-corrected chi connectivity index (χ0v) is 16.2. The number of nitrogens with zero attached hydrogens (tertiary/aromatic N) is 2. The van der Waals surface area contributed by atoms with E-state index in [9.17, 15) is 13.2 Å². The Morgan fingerprint density at radius 3 is 2.45 bits per heavy atom. The minimum absolute atomic E-state index is 0.0494. The highest BCUT2D eigenvalue weighted by Gasteiger charge is 2.35. The van der Waals surface area contributed by atoms with Gasteiger partial charge in [-0.3, -0.25) is 0 Å². The Bertz CT molecular complexity index is 990. The van der Waals surface area contributed by atoms with Crippen molar-refractivity contribution in [2.75, 3.05) is 10.6 Å². The van der Waals surface area contributed by atoms with Crippen LogP contribution in [0.15, 0.2) is 54.7 Å². The molecule has 2 aromatic carbocycles. The van der Waals surface area contributed by atoms with E-state index in [1.807, 2.05) is 39.0 Å². The van der Waals surface area contributed by atoms with Gasteiger partial charge in [-0.25, -0.2) is 4.98 Å². The molecule has 0 atom stereocenters. The fraction of sp³-hybridized carbons (Fsp3) is 0.238. The third kappa shape index (κ3) is 5.37. The molecule has 3 rings (SSSR count). The van der Waals surface area contributed by atoms with Crippen LogP contribution in [0.3, 0.4) is 0 Å². The van der Waals surface area contributed by atoms with Gasteiger partial charge in [0, 0.05) is 11.9 Å². The van der Waals surface area contributed by atoms with Crippen LogP contribution in [0.2, 0.25) is 0 Å². The molecule has 3 aromatic rings. The Labute approximate surface area is 167 Å². The molecule has 0 spiro atoms. The Kier molecular flexibility index (Phi) is 5.91. The van der Waals surface area contributed by atoms with Crippen LogP contribution in [0.4, 0.5) is 36.3 Å². The highest BCUT2D eigenvalue weighted by molar-refractivity contribution is 5.67. The van der Waals surface area contributed by atoms with E-state index < -0.39 is 11.7 Å². The Morgan fingerprint density at radius 2 is 1.76 bits per heavy atom. The lowest BCUT2D eigenvalue weighted by atomic mass is 10.2. The van der Waals surface area contributed by atoms with Crippen LogP contribution in [0, 0.1) is 6.92 Å². The second-order valence-electron chi connectivity index (χ2n) is 6.74. The molecule has 0 fully saturated rings. The molecule has 5 nitrogen and oxygen atoms in total. The molecule has 8 heteroatoms. The van der Waals surface area contributed by atoms with Crippen molar-refractivity contribution in [3.63, 3.8) is 0 Å². The fourth-order valence-corrected chi connectivity index (χ4v) is 2.65. The highest BCUT2D eigenvalue weighted by atomic mass is 19.4. The molecule has 0 saturated carbocycles. The summed E-state index contributed by atoms with van der Waals surface area (Å²) in [5.74, 6) is 0.123. The quantitative estimate of drug-likeness (QED) is 0.523. The number of benzene rings is 2. The molecule has 0 aliphatic rings. The predicted octanol–water partition coefficient (Wildman–Crippen LogP) is 6.08. The minimum Gasteiger partial charge on any atom is -0.489 e. The SMILES string of the molecule is Cc1cccc(Nc2ncc(C(F)(F)F)c(Nc3ccccc3OC(C)C)n2)c1. The van der Waals surface area contributed by atoms with Crippen molar-refractivity contribution in [1.82, 2.24) is 9.97 Å². The minimum atomic E-state index is -4.61. The number of anilines is 4. The van der Waals surface area contributed by atoms with Crippen LogP contribution in [0.25, 0.3) is 0 Å². The van der Waals surface area contributed by atoms with Crippen LogP contribution >= 0.6 is 0 Å². The number of hydrogen-bond donors (Lipinski definition) is 2. The van der Waals surface area contributed by atoms with Crippen LogP contribution in [-0.2, 0) is 6.18 Å². The van der Waals surface area contributed by atoms with E-state index in [1.165, 1.54) is 0 Å². The second-order valence-corrected chi connectivity index (χ2v) is 6.74. The van der Waals surface area contributed by atoms with Crippen LogP contribution in [0.5, 0.6) is 5.75 Å². The molecule has 0 aliphatic heterocycles. The van der Waals surface area contributed by atoms with Crippen molar-refractivity contribution >= 4 is 23.1 Å². The maximum atomic E-state index is 13.5. The van der Waals surface area contributed by atoms with Gasteiger partial charge in [0.25, 0.3) is 0 Å². The molecule has 0 saturated heterocycles. The number of aryl methyl sites for hydroxylation is 1. The third-order valence-electron chi connectivity index (χ3n) is 3.87. The average molecular weight is 402 g/mol. The molecular weight excluding hydrogens is 381 g/mol. The molecule has 152 valence electrons. The van der Waals surface area contributed by atoms with E-state index in [-0.39, 0.29) is 17.9 Å². The molecule has 0 aliphatic carbocycles. The van der Waals surface area contributed by atoms with E-state index in [0.717, 1.165) is 11.8 Å². The Hall–Kier alpha value is -3.29. The van der Waals surface area contributed by atoms with Gasteiger partial charge < -0.3 is 15.4 Å². The van der Waals surface area contributed by atoms with Crippen molar-refractivity contribution in [3.05, 3.63) is 65.9 Å². The first-order valence-electron chi connectivity index (χ1n) is 9.03. The molecule has 29 heavy (non-hydrogen) atoms. The fourth-order valence-electron chi connectivity index (χ4n) is 2.65. The summed E-state index contributed by atoms with van der Waals surface area (Å²) in [5.41, 5.74) is 1.10. The van der Waals surface area contributed by atoms with Gasteiger partial charge in [-0.1, -0.05) is 24.3 Å². The van der Waals surface area contributed by atoms with Crippen molar-refractivity contribution in [2.24, 2.45) is 0 Å². The van der Waals surface area contributed by atoms with E-state index in [0.29, 0.717) is 17.1 Å². The highest BCUT2D eigenvalue weighted by Crippen LogP contribution is 2.37. The zero-order valence-electron chi connectivity index (χ0n) is 16.2. The lowest BCUT2D eigenvalue weighted by Crippen LogP contribution is -2.13. The summed E-state index contributed by atoms with van der Waals surface area (Å²) >= 11 is 0. The van der Waals surface area contributed by atoms with Gasteiger partial charge in [0.15, 0.2) is 0 Å². The Morgan fingerprint density at radius 1 is 1.00 bits per heavy atom. The third-order valence-corrected chi connectivity index (χ3v) is 3.87. The van der Waals surface area contributed by atoms with Crippen LogP contribution in [0.1, 0.15) is 25.0 Å². The Balaban J connectivity index is 1.97. The molecule has 0 unspecified atom stereocenters. The first-order chi connectivity index (χ1) is 13.7. The smallest absolute Gasteiger partial charge is 0.421 e. The number of aromatic nitrogens is 2. The number of para-hydroxylation sites is 2. The van der Waals surface area contributed by atoms with E-state index in [1.54, 1.807) is 30.3 Å². The molecule has 0 amide bonds. The number of rotatable bonds is 6. The summed E-state index contributed by atoms with van der Waals surface area (Å²) in [6.45, 7) is 5.59. The molecule has 1 aromatic heterocycles. The first kappa shape index (κ1) is 20.4. The summed E-state index contributed by atoms with van der Waals surface area (Å²) in [4.78, 5) is 7.90. The van der Waals surface area contributed by atoms with E-state index >= 15 is 0 Å². The maximum absolute atomic E-state index is 13.5. The summed E-state index contributed by atoms with van der Waals surface area (Å²) in [6.07, 6.45) is -3.98. The van der Waals surface area contributed by atoms with E-state index in [2.05, 4.69) is 20.6 Å². The van der Waals surface area contributed by atoms with Crippen molar-refractivity contribution in [3.8, 4) is 5.75 Å². The number of halogens is 3. The molecule has 0 radical (unpaired) electrons. The van der Waals surface area contributed by atoms with Gasteiger partial charge >= 0.3 is 6.18 Å². The van der Waals surface area contributed by atoms with Gasteiger partial charge in [0.2, 0.25) is 5.95 Å². The van der Waals surface area contributed by atoms with Gasteiger partial charge in [0.05, 0.1) is 11.8 Å². The number of hydrogen-bond acceptors (Lipinski definition) is 5. The summed E-state index contributed by atoms with van der Waals surface area (Å²) in [5, 5.41) is 5.69. The topological polar surface area (TPSA) is 59.1 Å². The van der Waals surface area contributed by atoms with E-state index in [4.69, 9.17) is 4.74 Å². The van der Waals surface area contributed by atoms with Crippen molar-refractivity contribution < 1.29 is 17.9 Å². The largest absolute Gasteiger partial charge is 0.489 e. The lowest BCUT2D eigenvalue weighted by Gasteiger charge is -2.18. The zero-order chi connectivity index (χ0) is 21.0. The average Bonchev–Trinajstić information content (AvgIpc) is 2.62. The number of ether oxygens (including phenoxy) is 1. The van der Waals surface area contributed by atoms with Gasteiger partial charge in [-0.15, -0.1) is 0 Å². The number of alkyl halides is 3. The van der Waals surface area contributed by atoms with Gasteiger partial charge in [-0.05, 0) is 50.6 Å². The normalized spacial score (nSPS) is 11.4. The maximum Gasteiger partial charge on any atom is 0.421 e. The monoisotopic (exact) mass is 402 g/mol. The molecule has 2 N–H and O–H groups in total. The first-order valence-corrected chi connectivity index (χ1v) is 9.03. The van der Waals surface area contributed by atoms with Gasteiger partial charge in [0.1, 0.15) is 17.1 Å². The second kappa shape index (κ2) is 8.38. The van der Waals surface area contributed by atoms with Gasteiger partial charge in [-0.2, -0.15) is 18.2 Å². The summed E-state index contributed by atoms with van der Waals surface area (Å²) in [7, 11) is 0. The number of nitrogens with one attached hydrogen (secondary N) is 2. The predicted molar refractivity (Wildman–Crippen MR) is 107 cm³/mol.